The second-order valence-electron chi connectivity index (χ2n) is 6.31. The smallest absolute Gasteiger partial charge is 0.0882 e. The van der Waals surface area contributed by atoms with Gasteiger partial charge in [-0.05, 0) is 38.8 Å². The first-order chi connectivity index (χ1) is 8.67. The van der Waals surface area contributed by atoms with Crippen molar-refractivity contribution in [2.75, 3.05) is 0 Å². The van der Waals surface area contributed by atoms with E-state index >= 15 is 0 Å². The molecule has 0 amide bonds. The van der Waals surface area contributed by atoms with Crippen molar-refractivity contribution in [1.82, 2.24) is 0 Å². The Balaban J connectivity index is 0.00000200. The second kappa shape index (κ2) is 6.30. The molecule has 20 heavy (non-hydrogen) atoms. The molecule has 4 heteroatoms. The van der Waals surface area contributed by atoms with Gasteiger partial charge >= 0.3 is 0 Å². The molecule has 0 aliphatic heterocycles. The van der Waals surface area contributed by atoms with E-state index in [9.17, 15) is 0 Å². The number of rotatable bonds is 2. The first-order valence-corrected chi connectivity index (χ1v) is 8.96. The van der Waals surface area contributed by atoms with Gasteiger partial charge < -0.3 is 0 Å². The van der Waals surface area contributed by atoms with Crippen molar-refractivity contribution >= 4 is 32.7 Å². The van der Waals surface area contributed by atoms with Crippen LogP contribution in [-0.2, 0) is 21.7 Å². The number of hydrogen-bond donors (Lipinski definition) is 0. The van der Waals surface area contributed by atoms with Crippen LogP contribution in [0.15, 0.2) is 42.7 Å². The van der Waals surface area contributed by atoms with Crippen LogP contribution in [0, 0.1) is 5.41 Å². The largest absolute Gasteiger partial charge is 0.0885 e. The first kappa shape index (κ1) is 18.5. The minimum Gasteiger partial charge on any atom is -0.0885 e. The summed E-state index contributed by atoms with van der Waals surface area (Å²) in [6.07, 6.45) is 0.946. The molecule has 0 radical (unpaired) electrons. The molecule has 0 nitrogen and oxygen atoms in total. The zero-order chi connectivity index (χ0) is 14.5. The molecule has 0 unspecified atom stereocenters. The molecule has 2 aliphatic rings. The van der Waals surface area contributed by atoms with E-state index < -0.39 is 9.52 Å². The summed E-state index contributed by atoms with van der Waals surface area (Å²) < 4.78 is 0. The minimum atomic E-state index is -0.483. The SMILES string of the molecule is CC1=C([SiH2]C2=C(C)C(C)(C)C(Cl)=C2C)C(C)=C(Cl)C1.[Ti]. The van der Waals surface area contributed by atoms with Gasteiger partial charge in [0.15, 0.2) is 0 Å². The Bertz CT molecular complexity index is 577. The predicted octanol–water partition coefficient (Wildman–Crippen LogP) is 5.17. The van der Waals surface area contributed by atoms with Crippen molar-refractivity contribution in [3.63, 3.8) is 0 Å². The zero-order valence-corrected chi connectivity index (χ0v) is 17.7. The fourth-order valence-corrected chi connectivity index (χ4v) is 6.31. The van der Waals surface area contributed by atoms with Crippen LogP contribution in [0.1, 0.15) is 48.0 Å². The molecule has 0 bridgehead atoms. The third kappa shape index (κ3) is 2.85. The van der Waals surface area contributed by atoms with E-state index in [1.165, 1.54) is 27.5 Å². The Kier molecular flexibility index (Phi) is 5.83. The maximum atomic E-state index is 6.54. The molecule has 0 saturated heterocycles. The molecular weight excluding hydrogens is 339 g/mol. The first-order valence-electron chi connectivity index (χ1n) is 6.79. The van der Waals surface area contributed by atoms with Crippen LogP contribution in [-0.4, -0.2) is 9.52 Å². The van der Waals surface area contributed by atoms with Crippen LogP contribution in [0.2, 0.25) is 0 Å². The van der Waals surface area contributed by atoms with Crippen molar-refractivity contribution in [2.45, 2.75) is 48.0 Å². The molecule has 0 N–H and O–H groups in total. The van der Waals surface area contributed by atoms with Crippen LogP contribution >= 0.6 is 23.2 Å². The molecule has 2 rings (SSSR count). The summed E-state index contributed by atoms with van der Waals surface area (Å²) in [5, 5.41) is 5.13. The van der Waals surface area contributed by atoms with E-state index in [2.05, 4.69) is 41.5 Å². The molecule has 0 aromatic heterocycles. The van der Waals surface area contributed by atoms with E-state index in [0.29, 0.717) is 0 Å². The normalized spacial score (nSPS) is 22.8. The summed E-state index contributed by atoms with van der Waals surface area (Å²) in [6.45, 7) is 13.2. The van der Waals surface area contributed by atoms with Crippen molar-refractivity contribution in [2.24, 2.45) is 5.41 Å². The molecular formula is C16H22Cl2SiTi. The fourth-order valence-electron chi connectivity index (χ4n) is 3.11. The van der Waals surface area contributed by atoms with E-state index in [4.69, 9.17) is 23.2 Å². The van der Waals surface area contributed by atoms with Gasteiger partial charge in [0.25, 0.3) is 0 Å². The average Bonchev–Trinajstić information content (AvgIpc) is 2.65. The van der Waals surface area contributed by atoms with Gasteiger partial charge in [0, 0.05) is 43.6 Å². The molecule has 0 aromatic carbocycles. The quantitative estimate of drug-likeness (QED) is 0.596. The molecule has 0 aromatic rings. The Morgan fingerprint density at radius 2 is 1.50 bits per heavy atom. The standard InChI is InChI=1S/C16H22Cl2Si.Ti/c1-8-7-12(17)9(2)13(8)19-14-10(3)15(18)16(5,6)11(14)4;/h7,19H2,1-6H3;. The van der Waals surface area contributed by atoms with Gasteiger partial charge in [0.2, 0.25) is 0 Å². The van der Waals surface area contributed by atoms with Gasteiger partial charge in [-0.1, -0.05) is 58.6 Å². The molecule has 0 saturated carbocycles. The summed E-state index contributed by atoms with van der Waals surface area (Å²) in [6, 6.07) is 0. The second-order valence-corrected chi connectivity index (χ2v) is 8.91. The molecule has 2 aliphatic carbocycles. The van der Waals surface area contributed by atoms with Crippen molar-refractivity contribution in [3.05, 3.63) is 42.7 Å². The fraction of sp³-hybridized carbons (Fsp3) is 0.500. The average molecular weight is 361 g/mol. The van der Waals surface area contributed by atoms with E-state index in [0.717, 1.165) is 16.5 Å². The van der Waals surface area contributed by atoms with Crippen LogP contribution in [0.5, 0.6) is 0 Å². The van der Waals surface area contributed by atoms with Crippen molar-refractivity contribution in [3.8, 4) is 0 Å². The summed E-state index contributed by atoms with van der Waals surface area (Å²) in [7, 11) is -0.483. The maximum absolute atomic E-state index is 6.54. The third-order valence-electron chi connectivity index (χ3n) is 4.87. The maximum Gasteiger partial charge on any atom is 0.0882 e. The Hall–Kier alpha value is 0.471. The molecule has 108 valence electrons. The van der Waals surface area contributed by atoms with E-state index in [1.807, 2.05) is 0 Å². The van der Waals surface area contributed by atoms with Crippen LogP contribution in [0.3, 0.4) is 0 Å². The Morgan fingerprint density at radius 3 is 1.85 bits per heavy atom. The van der Waals surface area contributed by atoms with Gasteiger partial charge in [-0.2, -0.15) is 0 Å². The van der Waals surface area contributed by atoms with Crippen LogP contribution in [0.4, 0.5) is 0 Å². The zero-order valence-electron chi connectivity index (χ0n) is 13.2. The summed E-state index contributed by atoms with van der Waals surface area (Å²) in [4.78, 5) is 0. The number of hydrogen-bond acceptors (Lipinski definition) is 0. The minimum absolute atomic E-state index is 0. The van der Waals surface area contributed by atoms with E-state index in [1.54, 1.807) is 5.20 Å². The van der Waals surface area contributed by atoms with Gasteiger partial charge in [-0.3, -0.25) is 0 Å². The molecule has 0 spiro atoms. The molecule has 0 heterocycles. The molecule has 0 fully saturated rings. The van der Waals surface area contributed by atoms with Gasteiger partial charge in [0.05, 0.1) is 9.52 Å². The monoisotopic (exact) mass is 360 g/mol. The van der Waals surface area contributed by atoms with Crippen molar-refractivity contribution < 1.29 is 21.7 Å². The van der Waals surface area contributed by atoms with Gasteiger partial charge in [-0.15, -0.1) is 0 Å². The third-order valence-corrected chi connectivity index (χ3v) is 8.94. The Morgan fingerprint density at radius 1 is 0.950 bits per heavy atom. The van der Waals surface area contributed by atoms with Gasteiger partial charge in [-0.25, -0.2) is 0 Å². The molecule has 0 atom stereocenters. The van der Waals surface area contributed by atoms with Crippen LogP contribution < -0.4 is 0 Å². The number of allylic oxidation sites excluding steroid dienone is 8. The van der Waals surface area contributed by atoms with E-state index in [-0.39, 0.29) is 27.1 Å². The van der Waals surface area contributed by atoms with Gasteiger partial charge in [0.1, 0.15) is 0 Å². The van der Waals surface area contributed by atoms with Crippen LogP contribution in [0.25, 0.3) is 0 Å². The summed E-state index contributed by atoms with van der Waals surface area (Å²) in [5.41, 5.74) is 5.57. The summed E-state index contributed by atoms with van der Waals surface area (Å²) >= 11 is 12.8. The predicted molar refractivity (Wildman–Crippen MR) is 89.4 cm³/mol. The summed E-state index contributed by atoms with van der Waals surface area (Å²) in [5.74, 6) is 0. The number of halogens is 2. The Labute approximate surface area is 150 Å². The van der Waals surface area contributed by atoms with Crippen molar-refractivity contribution in [1.29, 1.82) is 0 Å². The topological polar surface area (TPSA) is 0 Å².